The van der Waals surface area contributed by atoms with Crippen LogP contribution in [0.5, 0.6) is 5.75 Å². The minimum absolute atomic E-state index is 0. The fourth-order valence-electron chi connectivity index (χ4n) is 2.26. The first-order valence-electron chi connectivity index (χ1n) is 7.12. The number of carboxylic acid groups (broad SMARTS) is 1. The van der Waals surface area contributed by atoms with Gasteiger partial charge in [0, 0.05) is 12.0 Å². The maximum atomic E-state index is 11.0. The number of aromatic hydroxyl groups is 1. The zero-order valence-electron chi connectivity index (χ0n) is 13.9. The van der Waals surface area contributed by atoms with Crippen LogP contribution in [-0.4, -0.2) is 16.2 Å². The first-order valence-corrected chi connectivity index (χ1v) is 7.12. The number of carboxylic acids is 1. The van der Waals surface area contributed by atoms with Gasteiger partial charge in [-0.2, -0.15) is 0 Å². The van der Waals surface area contributed by atoms with Crippen LogP contribution in [0.25, 0.3) is 0 Å². The normalized spacial score (nSPS) is 11.7. The maximum Gasteiger partial charge on any atom is 0.331 e. The van der Waals surface area contributed by atoms with Gasteiger partial charge >= 0.3 is 5.97 Å². The van der Waals surface area contributed by atoms with E-state index in [1.165, 1.54) is 0 Å². The molecule has 1 aromatic rings. The van der Waals surface area contributed by atoms with Crippen LogP contribution >= 0.6 is 0 Å². The Labute approximate surface area is 134 Å². The third-order valence-electron chi connectivity index (χ3n) is 3.51. The lowest BCUT2D eigenvalue weighted by Crippen LogP contribution is -2.18. The van der Waals surface area contributed by atoms with Gasteiger partial charge in [0.15, 0.2) is 0 Å². The van der Waals surface area contributed by atoms with Gasteiger partial charge in [-0.15, -0.1) is 0 Å². The van der Waals surface area contributed by atoms with E-state index in [9.17, 15) is 9.90 Å². The molecule has 0 unspecified atom stereocenters. The van der Waals surface area contributed by atoms with Crippen LogP contribution < -0.4 is 0 Å². The van der Waals surface area contributed by atoms with Crippen molar-refractivity contribution in [2.75, 3.05) is 0 Å². The molecule has 0 aromatic heterocycles. The zero-order valence-corrected chi connectivity index (χ0v) is 13.9. The lowest BCUT2D eigenvalue weighted by Gasteiger charge is -2.28. The van der Waals surface area contributed by atoms with E-state index in [2.05, 4.69) is 6.58 Å². The van der Waals surface area contributed by atoms with Crippen LogP contribution in [0.1, 0.15) is 65.7 Å². The highest BCUT2D eigenvalue weighted by molar-refractivity contribution is 5.86. The van der Waals surface area contributed by atoms with Crippen molar-refractivity contribution in [2.24, 2.45) is 0 Å². The van der Waals surface area contributed by atoms with E-state index in [0.717, 1.165) is 16.7 Å². The zero-order chi connectivity index (χ0) is 16.6. The SMILES string of the molecule is C.C=C(Cc1cc(C(C)(C)C)c(O)c(C(C)(C)C)c1)C(=O)O. The Balaban J connectivity index is 0.00000441. The molecule has 0 amide bonds. The highest BCUT2D eigenvalue weighted by Gasteiger charge is 2.26. The largest absolute Gasteiger partial charge is 0.507 e. The van der Waals surface area contributed by atoms with Crippen LogP contribution in [-0.2, 0) is 22.0 Å². The molecule has 0 heterocycles. The highest BCUT2D eigenvalue weighted by Crippen LogP contribution is 2.40. The Morgan fingerprint density at radius 2 is 1.41 bits per heavy atom. The molecule has 0 aliphatic rings. The van der Waals surface area contributed by atoms with Crippen LogP contribution in [0.15, 0.2) is 24.3 Å². The molecule has 3 nitrogen and oxygen atoms in total. The van der Waals surface area contributed by atoms with Gasteiger partial charge in [-0.25, -0.2) is 4.79 Å². The predicted octanol–water partition coefficient (Wildman–Crippen LogP) is 4.81. The number of carbonyl (C=O) groups is 1. The minimum atomic E-state index is -0.988. The number of phenols is 1. The average molecular weight is 306 g/mol. The molecule has 0 radical (unpaired) electrons. The van der Waals surface area contributed by atoms with Gasteiger partial charge in [0.1, 0.15) is 5.75 Å². The van der Waals surface area contributed by atoms with E-state index in [-0.39, 0.29) is 30.3 Å². The topological polar surface area (TPSA) is 57.5 Å². The van der Waals surface area contributed by atoms with Crippen LogP contribution in [0.4, 0.5) is 0 Å². The van der Waals surface area contributed by atoms with Gasteiger partial charge in [-0.1, -0.05) is 67.7 Å². The first kappa shape index (κ1) is 20.2. The predicted molar refractivity (Wildman–Crippen MR) is 92.7 cm³/mol. The highest BCUT2D eigenvalue weighted by atomic mass is 16.4. The molecule has 2 N–H and O–H groups in total. The Kier molecular flexibility index (Phi) is 6.03. The summed E-state index contributed by atoms with van der Waals surface area (Å²) in [4.78, 5) is 11.0. The molecular formula is C19H30O3. The van der Waals surface area contributed by atoms with Crippen LogP contribution in [0, 0.1) is 0 Å². The van der Waals surface area contributed by atoms with E-state index < -0.39 is 5.97 Å². The summed E-state index contributed by atoms with van der Waals surface area (Å²) in [5.74, 6) is -0.683. The number of benzene rings is 1. The number of hydrogen-bond acceptors (Lipinski definition) is 2. The molecule has 1 rings (SSSR count). The Bertz CT molecular complexity index is 534. The van der Waals surface area contributed by atoms with Crippen molar-refractivity contribution in [2.45, 2.75) is 66.2 Å². The van der Waals surface area contributed by atoms with Crippen LogP contribution in [0.3, 0.4) is 0 Å². The molecule has 0 bridgehead atoms. The van der Waals surface area contributed by atoms with E-state index in [1.54, 1.807) is 0 Å². The lowest BCUT2D eigenvalue weighted by atomic mass is 9.78. The lowest BCUT2D eigenvalue weighted by molar-refractivity contribution is -0.132. The average Bonchev–Trinajstić information content (AvgIpc) is 2.27. The van der Waals surface area contributed by atoms with Crippen molar-refractivity contribution in [3.63, 3.8) is 0 Å². The van der Waals surface area contributed by atoms with Crippen molar-refractivity contribution in [1.29, 1.82) is 0 Å². The molecule has 0 atom stereocenters. The molecule has 1 aromatic carbocycles. The smallest absolute Gasteiger partial charge is 0.331 e. The second-order valence-electron chi connectivity index (χ2n) is 7.63. The van der Waals surface area contributed by atoms with Crippen molar-refractivity contribution in [1.82, 2.24) is 0 Å². The standard InChI is InChI=1S/C18H26O3.CH4/c1-11(16(20)21)8-12-9-13(17(2,3)4)15(19)14(10-12)18(5,6)7;/h9-10,19H,1,8H2,2-7H3,(H,20,21);1H4. The second-order valence-corrected chi connectivity index (χ2v) is 7.63. The molecule has 0 fully saturated rings. The number of phenolic OH excluding ortho intramolecular Hbond substituents is 1. The Hall–Kier alpha value is -1.77. The van der Waals surface area contributed by atoms with Gasteiger partial charge < -0.3 is 10.2 Å². The third-order valence-corrected chi connectivity index (χ3v) is 3.51. The van der Waals surface area contributed by atoms with Gasteiger partial charge in [0.05, 0.1) is 0 Å². The fourth-order valence-corrected chi connectivity index (χ4v) is 2.26. The van der Waals surface area contributed by atoms with Crippen LogP contribution in [0.2, 0.25) is 0 Å². The summed E-state index contributed by atoms with van der Waals surface area (Å²) < 4.78 is 0. The van der Waals surface area contributed by atoms with Crippen molar-refractivity contribution >= 4 is 5.97 Å². The molecule has 0 saturated heterocycles. The number of hydrogen-bond donors (Lipinski definition) is 2. The van der Waals surface area contributed by atoms with E-state index in [4.69, 9.17) is 5.11 Å². The third kappa shape index (κ3) is 4.62. The first-order chi connectivity index (χ1) is 9.34. The molecule has 0 aliphatic carbocycles. The Morgan fingerprint density at radius 1 is 1.05 bits per heavy atom. The monoisotopic (exact) mass is 306 g/mol. The fraction of sp³-hybridized carbons (Fsp3) is 0.526. The summed E-state index contributed by atoms with van der Waals surface area (Å²) in [6.07, 6.45) is 0.280. The van der Waals surface area contributed by atoms with Gasteiger partial charge in [0.25, 0.3) is 0 Å². The summed E-state index contributed by atoms with van der Waals surface area (Å²) in [5, 5.41) is 19.6. The van der Waals surface area contributed by atoms with Crippen molar-refractivity contribution in [3.8, 4) is 5.75 Å². The Morgan fingerprint density at radius 3 is 1.68 bits per heavy atom. The molecular weight excluding hydrogens is 276 g/mol. The van der Waals surface area contributed by atoms with Gasteiger partial charge in [0.2, 0.25) is 0 Å². The van der Waals surface area contributed by atoms with E-state index >= 15 is 0 Å². The molecule has 0 spiro atoms. The molecule has 22 heavy (non-hydrogen) atoms. The summed E-state index contributed by atoms with van der Waals surface area (Å²) in [6, 6.07) is 3.78. The van der Waals surface area contributed by atoms with Crippen molar-refractivity contribution in [3.05, 3.63) is 41.0 Å². The number of aliphatic carboxylic acids is 1. The summed E-state index contributed by atoms with van der Waals surface area (Å²) in [5.41, 5.74) is 2.26. The molecule has 3 heteroatoms. The van der Waals surface area contributed by atoms with E-state index in [1.807, 2.05) is 53.7 Å². The van der Waals surface area contributed by atoms with Crippen molar-refractivity contribution < 1.29 is 15.0 Å². The molecule has 0 saturated carbocycles. The summed E-state index contributed by atoms with van der Waals surface area (Å²) in [6.45, 7) is 15.8. The second kappa shape index (κ2) is 6.55. The molecule has 124 valence electrons. The van der Waals surface area contributed by atoms with E-state index in [0.29, 0.717) is 5.75 Å². The quantitative estimate of drug-likeness (QED) is 0.788. The number of rotatable bonds is 3. The molecule has 0 aliphatic heterocycles. The minimum Gasteiger partial charge on any atom is -0.507 e. The van der Waals surface area contributed by atoms with Gasteiger partial charge in [-0.05, 0) is 27.5 Å². The summed E-state index contributed by atoms with van der Waals surface area (Å²) in [7, 11) is 0. The maximum absolute atomic E-state index is 11.0. The summed E-state index contributed by atoms with van der Waals surface area (Å²) >= 11 is 0. The van der Waals surface area contributed by atoms with Gasteiger partial charge in [-0.3, -0.25) is 0 Å².